The second kappa shape index (κ2) is 8.39. The fourth-order valence-electron chi connectivity index (χ4n) is 2.74. The van der Waals surface area contributed by atoms with E-state index in [1.807, 2.05) is 0 Å². The van der Waals surface area contributed by atoms with Crippen LogP contribution in [0.4, 0.5) is 0 Å². The summed E-state index contributed by atoms with van der Waals surface area (Å²) in [4.78, 5) is 0. The second-order valence-corrected chi connectivity index (χ2v) is 6.79. The highest BCUT2D eigenvalue weighted by molar-refractivity contribution is 7.99. The highest BCUT2D eigenvalue weighted by Crippen LogP contribution is 2.35. The van der Waals surface area contributed by atoms with Crippen molar-refractivity contribution in [1.29, 1.82) is 0 Å². The minimum absolute atomic E-state index is 0.322. The average Bonchev–Trinajstić information content (AvgIpc) is 2.36. The fourth-order valence-corrected chi connectivity index (χ4v) is 4.33. The quantitative estimate of drug-likeness (QED) is 0.737. The minimum Gasteiger partial charge on any atom is -0.396 e. The zero-order valence-corrected chi connectivity index (χ0v) is 12.4. The number of hydrogen-bond acceptors (Lipinski definition) is 3. The average molecular weight is 259 g/mol. The zero-order valence-electron chi connectivity index (χ0n) is 11.6. The third-order valence-corrected chi connectivity index (χ3v) is 5.59. The third kappa shape index (κ3) is 5.19. The summed E-state index contributed by atoms with van der Waals surface area (Å²) < 4.78 is 0. The summed E-state index contributed by atoms with van der Waals surface area (Å²) in [5, 5.41) is 13.3. The Labute approximate surface area is 111 Å². The first-order valence-corrected chi connectivity index (χ1v) is 8.15. The van der Waals surface area contributed by atoms with E-state index in [4.69, 9.17) is 5.11 Å². The van der Waals surface area contributed by atoms with Crippen LogP contribution >= 0.6 is 11.8 Å². The van der Waals surface area contributed by atoms with E-state index in [1.165, 1.54) is 32.1 Å². The van der Waals surface area contributed by atoms with Gasteiger partial charge in [-0.1, -0.05) is 26.7 Å². The molecule has 0 saturated heterocycles. The maximum absolute atomic E-state index is 9.09. The molecule has 0 aliphatic heterocycles. The van der Waals surface area contributed by atoms with Crippen molar-refractivity contribution in [1.82, 2.24) is 5.32 Å². The molecule has 0 heterocycles. The summed E-state index contributed by atoms with van der Waals surface area (Å²) in [6.45, 7) is 4.75. The smallest absolute Gasteiger partial charge is 0.0464 e. The molecule has 1 fully saturated rings. The number of hydrogen-bond donors (Lipinski definition) is 2. The third-order valence-electron chi connectivity index (χ3n) is 3.87. The predicted molar refractivity (Wildman–Crippen MR) is 77.6 cm³/mol. The fraction of sp³-hybridized carbons (Fsp3) is 1.00. The van der Waals surface area contributed by atoms with E-state index in [0.29, 0.717) is 18.6 Å². The molecule has 4 atom stereocenters. The monoisotopic (exact) mass is 259 g/mol. The van der Waals surface area contributed by atoms with E-state index >= 15 is 0 Å². The molecule has 0 bridgehead atoms. The van der Waals surface area contributed by atoms with Gasteiger partial charge < -0.3 is 10.4 Å². The molecule has 0 aromatic carbocycles. The molecule has 1 aliphatic carbocycles. The topological polar surface area (TPSA) is 32.3 Å². The van der Waals surface area contributed by atoms with Crippen LogP contribution in [0, 0.1) is 11.8 Å². The molecule has 0 aromatic rings. The summed E-state index contributed by atoms with van der Waals surface area (Å²) >= 11 is 2.07. The van der Waals surface area contributed by atoms with E-state index < -0.39 is 0 Å². The van der Waals surface area contributed by atoms with E-state index in [2.05, 4.69) is 38.0 Å². The Balaban J connectivity index is 2.39. The van der Waals surface area contributed by atoms with Crippen molar-refractivity contribution in [2.24, 2.45) is 11.8 Å². The number of rotatable bonds is 7. The molecular formula is C14H29NOS. The Kier molecular flexibility index (Phi) is 7.56. The number of aliphatic hydroxyl groups is 1. The first kappa shape index (κ1) is 15.3. The lowest BCUT2D eigenvalue weighted by atomic mass is 9.83. The first-order valence-electron chi connectivity index (χ1n) is 7.10. The molecule has 1 rings (SSSR count). The summed E-state index contributed by atoms with van der Waals surface area (Å²) in [5.74, 6) is 2.47. The molecule has 102 valence electrons. The van der Waals surface area contributed by atoms with Crippen molar-refractivity contribution < 1.29 is 5.11 Å². The van der Waals surface area contributed by atoms with Gasteiger partial charge in [0.25, 0.3) is 0 Å². The van der Waals surface area contributed by atoms with Crippen LogP contribution in [0.5, 0.6) is 0 Å². The van der Waals surface area contributed by atoms with Crippen molar-refractivity contribution in [2.45, 2.75) is 57.2 Å². The summed E-state index contributed by atoms with van der Waals surface area (Å²) in [6, 6.07) is 0.680. The van der Waals surface area contributed by atoms with Gasteiger partial charge in [0, 0.05) is 17.9 Å². The van der Waals surface area contributed by atoms with Crippen LogP contribution < -0.4 is 5.32 Å². The van der Waals surface area contributed by atoms with Gasteiger partial charge in [-0.15, -0.1) is 0 Å². The largest absolute Gasteiger partial charge is 0.396 e. The summed E-state index contributed by atoms with van der Waals surface area (Å²) in [5.41, 5.74) is 0. The SMILES string of the molecule is CCCC1CCC(NC)C(SCC(C)CO)C1. The predicted octanol–water partition coefficient (Wildman–Crippen LogP) is 2.90. The molecule has 4 unspecified atom stereocenters. The van der Waals surface area contributed by atoms with Crippen molar-refractivity contribution in [3.63, 3.8) is 0 Å². The lowest BCUT2D eigenvalue weighted by Crippen LogP contribution is -2.41. The maximum atomic E-state index is 9.09. The second-order valence-electron chi connectivity index (χ2n) is 5.52. The Morgan fingerprint density at radius 3 is 2.76 bits per heavy atom. The van der Waals surface area contributed by atoms with Gasteiger partial charge in [-0.25, -0.2) is 0 Å². The van der Waals surface area contributed by atoms with Gasteiger partial charge in [0.15, 0.2) is 0 Å². The molecule has 1 saturated carbocycles. The summed E-state index contributed by atoms with van der Waals surface area (Å²) in [6.07, 6.45) is 6.79. The maximum Gasteiger partial charge on any atom is 0.0464 e. The molecule has 3 heteroatoms. The van der Waals surface area contributed by atoms with Crippen LogP contribution in [-0.2, 0) is 0 Å². The molecule has 17 heavy (non-hydrogen) atoms. The zero-order chi connectivity index (χ0) is 12.7. The summed E-state index contributed by atoms with van der Waals surface area (Å²) in [7, 11) is 2.09. The van der Waals surface area contributed by atoms with Crippen molar-refractivity contribution in [3.05, 3.63) is 0 Å². The van der Waals surface area contributed by atoms with Crippen molar-refractivity contribution in [3.8, 4) is 0 Å². The minimum atomic E-state index is 0.322. The lowest BCUT2D eigenvalue weighted by molar-refractivity contribution is 0.250. The van der Waals surface area contributed by atoms with Gasteiger partial charge in [0.1, 0.15) is 0 Å². The Morgan fingerprint density at radius 2 is 2.18 bits per heavy atom. The highest BCUT2D eigenvalue weighted by Gasteiger charge is 2.29. The van der Waals surface area contributed by atoms with E-state index in [-0.39, 0.29) is 0 Å². The van der Waals surface area contributed by atoms with Crippen LogP contribution in [0.3, 0.4) is 0 Å². The van der Waals surface area contributed by atoms with Crippen LogP contribution in [0.1, 0.15) is 46.0 Å². The Hall–Kier alpha value is 0.270. The van der Waals surface area contributed by atoms with E-state index in [0.717, 1.165) is 16.9 Å². The molecule has 0 spiro atoms. The molecule has 0 radical (unpaired) electrons. The first-order chi connectivity index (χ1) is 8.21. The Bertz CT molecular complexity index is 201. The van der Waals surface area contributed by atoms with Gasteiger partial charge in [0.2, 0.25) is 0 Å². The Morgan fingerprint density at radius 1 is 1.41 bits per heavy atom. The van der Waals surface area contributed by atoms with Gasteiger partial charge in [-0.05, 0) is 43.9 Å². The van der Waals surface area contributed by atoms with Gasteiger partial charge >= 0.3 is 0 Å². The van der Waals surface area contributed by atoms with Crippen molar-refractivity contribution in [2.75, 3.05) is 19.4 Å². The molecule has 0 aromatic heterocycles. The molecular weight excluding hydrogens is 230 g/mol. The standard InChI is InChI=1S/C14H29NOS/c1-4-5-12-6-7-13(15-3)14(8-12)17-10-11(2)9-16/h11-16H,4-10H2,1-3H3. The van der Waals surface area contributed by atoms with E-state index in [1.54, 1.807) is 0 Å². The normalized spacial score (nSPS) is 31.4. The molecule has 2 nitrogen and oxygen atoms in total. The molecule has 1 aliphatic rings. The van der Waals surface area contributed by atoms with E-state index in [9.17, 15) is 0 Å². The molecule has 0 amide bonds. The number of thioether (sulfide) groups is 1. The van der Waals surface area contributed by atoms with Gasteiger partial charge in [-0.3, -0.25) is 0 Å². The van der Waals surface area contributed by atoms with Crippen LogP contribution in [0.2, 0.25) is 0 Å². The molecule has 2 N–H and O–H groups in total. The van der Waals surface area contributed by atoms with Crippen molar-refractivity contribution >= 4 is 11.8 Å². The lowest BCUT2D eigenvalue weighted by Gasteiger charge is -2.36. The number of nitrogens with one attached hydrogen (secondary N) is 1. The van der Waals surface area contributed by atoms with Gasteiger partial charge in [0.05, 0.1) is 0 Å². The van der Waals surface area contributed by atoms with Crippen LogP contribution in [0.15, 0.2) is 0 Å². The van der Waals surface area contributed by atoms with Crippen LogP contribution in [-0.4, -0.2) is 35.8 Å². The number of aliphatic hydroxyl groups excluding tert-OH is 1. The highest BCUT2D eigenvalue weighted by atomic mass is 32.2. The van der Waals surface area contributed by atoms with Crippen LogP contribution in [0.25, 0.3) is 0 Å². The van der Waals surface area contributed by atoms with Gasteiger partial charge in [-0.2, -0.15) is 11.8 Å².